The number of urea groups is 1. The van der Waals surface area contributed by atoms with Crippen molar-refractivity contribution in [3.8, 4) is 0 Å². The van der Waals surface area contributed by atoms with Crippen LogP contribution in [0.1, 0.15) is 41.6 Å². The topological polar surface area (TPSA) is 78.4 Å². The number of rotatable bonds is 5. The van der Waals surface area contributed by atoms with Crippen LogP contribution in [0, 0.1) is 5.92 Å². The predicted molar refractivity (Wildman–Crippen MR) is 80.5 cm³/mol. The van der Waals surface area contributed by atoms with Crippen LogP contribution in [0.5, 0.6) is 0 Å². The molecule has 0 unspecified atom stereocenters. The molecule has 1 aromatic rings. The van der Waals surface area contributed by atoms with Crippen LogP contribution in [0.25, 0.3) is 0 Å². The maximum atomic E-state index is 13.0. The molecule has 0 aromatic heterocycles. The fourth-order valence-electron chi connectivity index (χ4n) is 2.55. The SMILES string of the molecule is O=C(NCc1ccc(C(=O)O)cc1)NCC1CCC(F)(F)CC1. The zero-order chi connectivity index (χ0) is 16.9. The molecule has 5 nitrogen and oxygen atoms in total. The first-order chi connectivity index (χ1) is 10.9. The molecule has 2 rings (SSSR count). The molecule has 7 heteroatoms. The van der Waals surface area contributed by atoms with Crippen molar-refractivity contribution in [2.24, 2.45) is 5.92 Å². The molecule has 0 atom stereocenters. The summed E-state index contributed by atoms with van der Waals surface area (Å²) in [4.78, 5) is 22.4. The summed E-state index contributed by atoms with van der Waals surface area (Å²) in [6.45, 7) is 0.661. The molecule has 2 amide bonds. The molecule has 0 aliphatic heterocycles. The average Bonchev–Trinajstić information content (AvgIpc) is 2.52. The highest BCUT2D eigenvalue weighted by molar-refractivity contribution is 5.87. The summed E-state index contributed by atoms with van der Waals surface area (Å²) in [7, 11) is 0. The van der Waals surface area contributed by atoms with Gasteiger partial charge in [0, 0.05) is 25.9 Å². The zero-order valence-electron chi connectivity index (χ0n) is 12.6. The van der Waals surface area contributed by atoms with Crippen LogP contribution < -0.4 is 10.6 Å². The van der Waals surface area contributed by atoms with E-state index in [1.807, 2.05) is 0 Å². The molecular weight excluding hydrogens is 306 g/mol. The highest BCUT2D eigenvalue weighted by atomic mass is 19.3. The minimum absolute atomic E-state index is 0.0928. The van der Waals surface area contributed by atoms with Gasteiger partial charge in [0.05, 0.1) is 5.56 Å². The molecule has 0 radical (unpaired) electrons. The summed E-state index contributed by atoms with van der Waals surface area (Å²) in [6.07, 6.45) is 0.613. The first-order valence-corrected chi connectivity index (χ1v) is 7.57. The molecule has 0 saturated heterocycles. The number of nitrogens with one attached hydrogen (secondary N) is 2. The zero-order valence-corrected chi connectivity index (χ0v) is 12.6. The van der Waals surface area contributed by atoms with Crippen molar-refractivity contribution in [2.45, 2.75) is 38.2 Å². The van der Waals surface area contributed by atoms with Gasteiger partial charge < -0.3 is 15.7 Å². The van der Waals surface area contributed by atoms with Crippen LogP contribution in [0.3, 0.4) is 0 Å². The van der Waals surface area contributed by atoms with Gasteiger partial charge in [0.2, 0.25) is 5.92 Å². The quantitative estimate of drug-likeness (QED) is 0.778. The molecule has 0 spiro atoms. The third kappa shape index (κ3) is 5.50. The van der Waals surface area contributed by atoms with E-state index in [2.05, 4.69) is 10.6 Å². The molecule has 1 aliphatic carbocycles. The second kappa shape index (κ2) is 7.39. The van der Waals surface area contributed by atoms with E-state index in [0.717, 1.165) is 5.56 Å². The molecule has 126 valence electrons. The number of benzene rings is 1. The summed E-state index contributed by atoms with van der Waals surface area (Å²) >= 11 is 0. The first kappa shape index (κ1) is 17.2. The lowest BCUT2D eigenvalue weighted by atomic mass is 9.87. The van der Waals surface area contributed by atoms with E-state index in [0.29, 0.717) is 19.4 Å². The number of hydrogen-bond donors (Lipinski definition) is 3. The van der Waals surface area contributed by atoms with Crippen molar-refractivity contribution in [3.63, 3.8) is 0 Å². The van der Waals surface area contributed by atoms with Crippen molar-refractivity contribution in [2.75, 3.05) is 6.54 Å². The Morgan fingerprint density at radius 1 is 1.13 bits per heavy atom. The lowest BCUT2D eigenvalue weighted by Crippen LogP contribution is -2.39. The van der Waals surface area contributed by atoms with Gasteiger partial charge in [0.15, 0.2) is 0 Å². The number of amides is 2. The maximum Gasteiger partial charge on any atom is 0.335 e. The smallest absolute Gasteiger partial charge is 0.335 e. The van der Waals surface area contributed by atoms with Gasteiger partial charge in [0.25, 0.3) is 0 Å². The molecule has 1 aliphatic rings. The number of carboxylic acid groups (broad SMARTS) is 1. The highest BCUT2D eigenvalue weighted by Crippen LogP contribution is 2.35. The fraction of sp³-hybridized carbons (Fsp3) is 0.500. The number of carboxylic acids is 1. The lowest BCUT2D eigenvalue weighted by molar-refractivity contribution is -0.0451. The van der Waals surface area contributed by atoms with Gasteiger partial charge in [0.1, 0.15) is 0 Å². The third-order valence-corrected chi connectivity index (χ3v) is 4.04. The number of carbonyl (C=O) groups is 2. The van der Waals surface area contributed by atoms with E-state index in [1.54, 1.807) is 12.1 Å². The molecule has 1 fully saturated rings. The summed E-state index contributed by atoms with van der Waals surface area (Å²) in [6, 6.07) is 5.85. The second-order valence-electron chi connectivity index (χ2n) is 5.86. The van der Waals surface area contributed by atoms with E-state index in [4.69, 9.17) is 5.11 Å². The van der Waals surface area contributed by atoms with Gasteiger partial charge in [-0.3, -0.25) is 0 Å². The van der Waals surface area contributed by atoms with Crippen molar-refractivity contribution in [1.82, 2.24) is 10.6 Å². The number of carbonyl (C=O) groups excluding carboxylic acids is 1. The Kier molecular flexibility index (Phi) is 5.52. The summed E-state index contributed by atoms with van der Waals surface area (Å²) in [5.41, 5.74) is 0.967. The number of halogens is 2. The Morgan fingerprint density at radius 3 is 2.30 bits per heavy atom. The summed E-state index contributed by atoms with van der Waals surface area (Å²) < 4.78 is 26.1. The lowest BCUT2D eigenvalue weighted by Gasteiger charge is -2.28. The fourth-order valence-corrected chi connectivity index (χ4v) is 2.55. The van der Waals surface area contributed by atoms with Crippen molar-refractivity contribution < 1.29 is 23.5 Å². The van der Waals surface area contributed by atoms with Crippen LogP contribution in [-0.4, -0.2) is 29.6 Å². The van der Waals surface area contributed by atoms with Crippen molar-refractivity contribution in [1.29, 1.82) is 0 Å². The Morgan fingerprint density at radius 2 is 1.74 bits per heavy atom. The monoisotopic (exact) mass is 326 g/mol. The predicted octanol–water partition coefficient (Wildman–Crippen LogP) is 3.01. The number of hydrogen-bond acceptors (Lipinski definition) is 2. The standard InChI is InChI=1S/C16H20F2N2O3/c17-16(18)7-5-12(6-8-16)10-20-15(23)19-9-11-1-3-13(4-2-11)14(21)22/h1-4,12H,5-10H2,(H,21,22)(H2,19,20,23). The molecule has 3 N–H and O–H groups in total. The largest absolute Gasteiger partial charge is 0.478 e. The van der Waals surface area contributed by atoms with Crippen molar-refractivity contribution in [3.05, 3.63) is 35.4 Å². The van der Waals surface area contributed by atoms with Crippen LogP contribution >= 0.6 is 0 Å². The van der Waals surface area contributed by atoms with Crippen molar-refractivity contribution >= 4 is 12.0 Å². The van der Waals surface area contributed by atoms with Gasteiger partial charge in [-0.05, 0) is 36.5 Å². The van der Waals surface area contributed by atoms with Gasteiger partial charge >= 0.3 is 12.0 Å². The molecule has 0 heterocycles. The minimum Gasteiger partial charge on any atom is -0.478 e. The Balaban J connectivity index is 1.68. The molecule has 0 bridgehead atoms. The maximum absolute atomic E-state index is 13.0. The third-order valence-electron chi connectivity index (χ3n) is 4.04. The Hall–Kier alpha value is -2.18. The summed E-state index contributed by atoms with van der Waals surface area (Å²) in [5.74, 6) is -3.46. The minimum atomic E-state index is -2.55. The van der Waals surface area contributed by atoms with E-state index in [-0.39, 0.29) is 36.9 Å². The number of aromatic carboxylic acids is 1. The second-order valence-corrected chi connectivity index (χ2v) is 5.86. The Labute approximate surface area is 133 Å². The molecule has 23 heavy (non-hydrogen) atoms. The number of alkyl halides is 2. The normalized spacial score (nSPS) is 17.5. The first-order valence-electron chi connectivity index (χ1n) is 7.57. The van der Waals surface area contributed by atoms with E-state index < -0.39 is 11.9 Å². The average molecular weight is 326 g/mol. The van der Waals surface area contributed by atoms with Gasteiger partial charge in [-0.2, -0.15) is 0 Å². The van der Waals surface area contributed by atoms with Crippen LogP contribution in [-0.2, 0) is 6.54 Å². The molecule has 1 aromatic carbocycles. The van der Waals surface area contributed by atoms with E-state index in [1.165, 1.54) is 12.1 Å². The van der Waals surface area contributed by atoms with E-state index in [9.17, 15) is 18.4 Å². The highest BCUT2D eigenvalue weighted by Gasteiger charge is 2.34. The molecule has 1 saturated carbocycles. The van der Waals surface area contributed by atoms with Crippen LogP contribution in [0.15, 0.2) is 24.3 Å². The van der Waals surface area contributed by atoms with Crippen LogP contribution in [0.2, 0.25) is 0 Å². The summed E-state index contributed by atoms with van der Waals surface area (Å²) in [5, 5.41) is 14.1. The van der Waals surface area contributed by atoms with Gasteiger partial charge in [-0.15, -0.1) is 0 Å². The van der Waals surface area contributed by atoms with Crippen LogP contribution in [0.4, 0.5) is 13.6 Å². The Bertz CT molecular complexity index is 551. The van der Waals surface area contributed by atoms with E-state index >= 15 is 0 Å². The molecular formula is C16H20F2N2O3. The van der Waals surface area contributed by atoms with Gasteiger partial charge in [-0.1, -0.05) is 12.1 Å². The van der Waals surface area contributed by atoms with Gasteiger partial charge in [-0.25, -0.2) is 18.4 Å².